The summed E-state index contributed by atoms with van der Waals surface area (Å²) in [7, 11) is 0. The van der Waals surface area contributed by atoms with Crippen molar-refractivity contribution >= 4 is 11.5 Å². The van der Waals surface area contributed by atoms with Crippen LogP contribution in [0.25, 0.3) is 5.57 Å². The van der Waals surface area contributed by atoms with E-state index in [0.29, 0.717) is 0 Å². The van der Waals surface area contributed by atoms with Crippen molar-refractivity contribution in [2.75, 3.05) is 0 Å². The van der Waals surface area contributed by atoms with Crippen LogP contribution in [-0.4, -0.2) is 11.1 Å². The van der Waals surface area contributed by atoms with Gasteiger partial charge in [-0.25, -0.2) is 0 Å². The summed E-state index contributed by atoms with van der Waals surface area (Å²) < 4.78 is 0. The van der Waals surface area contributed by atoms with Crippen molar-refractivity contribution < 1.29 is 9.90 Å². The molecule has 0 spiro atoms. The first-order chi connectivity index (χ1) is 7.18. The first-order valence-electron chi connectivity index (χ1n) is 5.18. The number of aliphatic carboxylic acids is 1. The van der Waals surface area contributed by atoms with E-state index in [2.05, 4.69) is 12.1 Å². The minimum absolute atomic E-state index is 0.137. The van der Waals surface area contributed by atoms with Gasteiger partial charge in [0.1, 0.15) is 0 Å². The smallest absolute Gasteiger partial charge is 0.307 e. The fourth-order valence-electron chi connectivity index (χ4n) is 2.22. The van der Waals surface area contributed by atoms with Gasteiger partial charge in [-0.3, -0.25) is 4.79 Å². The lowest BCUT2D eigenvalue weighted by atomic mass is 9.86. The molecule has 78 valence electrons. The highest BCUT2D eigenvalue weighted by atomic mass is 16.4. The fourth-order valence-corrected chi connectivity index (χ4v) is 2.22. The number of rotatable bonds is 2. The van der Waals surface area contributed by atoms with E-state index in [0.717, 1.165) is 24.0 Å². The molecule has 0 fully saturated rings. The maximum atomic E-state index is 10.7. The zero-order valence-corrected chi connectivity index (χ0v) is 8.79. The fraction of sp³-hybridized carbons (Fsp3) is 0.308. The Labute approximate surface area is 89.2 Å². The third kappa shape index (κ3) is 1.94. The number of fused-ring (bicyclic) bond motifs is 1. The Balaban J connectivity index is 2.45. The lowest BCUT2D eigenvalue weighted by Crippen LogP contribution is -2.05. The van der Waals surface area contributed by atoms with Crippen LogP contribution >= 0.6 is 0 Å². The third-order valence-corrected chi connectivity index (χ3v) is 2.83. The molecule has 15 heavy (non-hydrogen) atoms. The van der Waals surface area contributed by atoms with Gasteiger partial charge in [-0.1, -0.05) is 24.3 Å². The zero-order valence-electron chi connectivity index (χ0n) is 8.79. The predicted octanol–water partition coefficient (Wildman–Crippen LogP) is 2.80. The van der Waals surface area contributed by atoms with E-state index < -0.39 is 5.97 Å². The molecule has 0 atom stereocenters. The molecule has 0 heterocycles. The number of benzene rings is 1. The summed E-state index contributed by atoms with van der Waals surface area (Å²) in [6, 6.07) is 6.18. The number of hydrogen-bond donors (Lipinski definition) is 1. The highest BCUT2D eigenvalue weighted by Crippen LogP contribution is 2.31. The molecule has 0 saturated carbocycles. The van der Waals surface area contributed by atoms with E-state index in [1.165, 1.54) is 11.1 Å². The highest BCUT2D eigenvalue weighted by Gasteiger charge is 2.16. The Kier molecular flexibility index (Phi) is 2.58. The lowest BCUT2D eigenvalue weighted by Gasteiger charge is -2.18. The van der Waals surface area contributed by atoms with E-state index in [-0.39, 0.29) is 6.42 Å². The summed E-state index contributed by atoms with van der Waals surface area (Å²) >= 11 is 0. The Morgan fingerprint density at radius 2 is 2.27 bits per heavy atom. The van der Waals surface area contributed by atoms with Crippen LogP contribution in [0.5, 0.6) is 0 Å². The van der Waals surface area contributed by atoms with Crippen molar-refractivity contribution in [1.29, 1.82) is 0 Å². The molecule has 1 aromatic carbocycles. The average molecular weight is 202 g/mol. The minimum atomic E-state index is -0.752. The van der Waals surface area contributed by atoms with Crippen LogP contribution in [0.15, 0.2) is 24.3 Å². The van der Waals surface area contributed by atoms with Crippen molar-refractivity contribution in [3.05, 3.63) is 41.0 Å². The van der Waals surface area contributed by atoms with Crippen molar-refractivity contribution in [1.82, 2.24) is 0 Å². The molecule has 0 unspecified atom stereocenters. The highest BCUT2D eigenvalue weighted by molar-refractivity contribution is 5.86. The second kappa shape index (κ2) is 3.89. The second-order valence-electron chi connectivity index (χ2n) is 3.95. The van der Waals surface area contributed by atoms with E-state index in [1.54, 1.807) is 0 Å². The monoisotopic (exact) mass is 202 g/mol. The largest absolute Gasteiger partial charge is 0.481 e. The van der Waals surface area contributed by atoms with Gasteiger partial charge >= 0.3 is 5.97 Å². The maximum Gasteiger partial charge on any atom is 0.307 e. The second-order valence-corrected chi connectivity index (χ2v) is 3.95. The topological polar surface area (TPSA) is 37.3 Å². The maximum absolute atomic E-state index is 10.7. The van der Waals surface area contributed by atoms with Gasteiger partial charge in [0, 0.05) is 0 Å². The predicted molar refractivity (Wildman–Crippen MR) is 59.7 cm³/mol. The van der Waals surface area contributed by atoms with E-state index >= 15 is 0 Å². The van der Waals surface area contributed by atoms with Crippen LogP contribution in [0.4, 0.5) is 0 Å². The van der Waals surface area contributed by atoms with Crippen LogP contribution in [0.1, 0.15) is 29.5 Å². The van der Waals surface area contributed by atoms with Crippen molar-refractivity contribution in [3.8, 4) is 0 Å². The number of hydrogen-bond acceptors (Lipinski definition) is 1. The summed E-state index contributed by atoms with van der Waals surface area (Å²) in [5.41, 5.74) is 4.60. The summed E-state index contributed by atoms with van der Waals surface area (Å²) in [6.07, 6.45) is 4.18. The number of carboxylic acid groups (broad SMARTS) is 1. The van der Waals surface area contributed by atoms with E-state index in [1.807, 2.05) is 19.1 Å². The van der Waals surface area contributed by atoms with E-state index in [4.69, 9.17) is 5.11 Å². The molecular weight excluding hydrogens is 188 g/mol. The Bertz CT molecular complexity index is 430. The van der Waals surface area contributed by atoms with Gasteiger partial charge in [0.2, 0.25) is 0 Å². The van der Waals surface area contributed by atoms with E-state index in [9.17, 15) is 4.79 Å². The number of aryl methyl sites for hydroxylation is 2. The Morgan fingerprint density at radius 3 is 3.00 bits per heavy atom. The van der Waals surface area contributed by atoms with Gasteiger partial charge in [0.15, 0.2) is 0 Å². The molecule has 1 N–H and O–H groups in total. The molecule has 0 saturated heterocycles. The van der Waals surface area contributed by atoms with Crippen molar-refractivity contribution in [2.45, 2.75) is 26.2 Å². The average Bonchev–Trinajstić information content (AvgIpc) is 2.17. The number of carbonyl (C=O) groups is 1. The third-order valence-electron chi connectivity index (χ3n) is 2.83. The normalized spacial score (nSPS) is 14.3. The van der Waals surface area contributed by atoms with Crippen LogP contribution in [0.2, 0.25) is 0 Å². The molecule has 2 nitrogen and oxygen atoms in total. The molecule has 0 aromatic heterocycles. The molecule has 0 radical (unpaired) electrons. The molecule has 2 rings (SSSR count). The van der Waals surface area contributed by atoms with Crippen LogP contribution in [0, 0.1) is 6.92 Å². The van der Waals surface area contributed by atoms with Gasteiger partial charge in [-0.05, 0) is 42.0 Å². The SMILES string of the molecule is Cc1cccc2c1C(CC(=O)O)=CCC2. The minimum Gasteiger partial charge on any atom is -0.481 e. The van der Waals surface area contributed by atoms with Gasteiger partial charge in [-0.2, -0.15) is 0 Å². The molecule has 0 bridgehead atoms. The first kappa shape index (κ1) is 9.97. The van der Waals surface area contributed by atoms with Gasteiger partial charge in [0.05, 0.1) is 6.42 Å². The van der Waals surface area contributed by atoms with Crippen LogP contribution < -0.4 is 0 Å². The summed E-state index contributed by atoms with van der Waals surface area (Å²) in [5, 5.41) is 8.84. The molecule has 0 amide bonds. The summed E-state index contributed by atoms with van der Waals surface area (Å²) in [6.45, 7) is 2.04. The molecule has 1 aliphatic carbocycles. The Morgan fingerprint density at radius 1 is 1.47 bits per heavy atom. The quantitative estimate of drug-likeness (QED) is 0.800. The number of carboxylic acids is 1. The lowest BCUT2D eigenvalue weighted by molar-refractivity contribution is -0.135. The molecular formula is C13H14O2. The van der Waals surface area contributed by atoms with Gasteiger partial charge in [0.25, 0.3) is 0 Å². The first-order valence-corrected chi connectivity index (χ1v) is 5.18. The van der Waals surface area contributed by atoms with Crippen LogP contribution in [0.3, 0.4) is 0 Å². The molecule has 1 aromatic rings. The van der Waals surface area contributed by atoms with Gasteiger partial charge in [-0.15, -0.1) is 0 Å². The number of allylic oxidation sites excluding steroid dienone is 1. The summed E-state index contributed by atoms with van der Waals surface area (Å²) in [4.78, 5) is 10.7. The standard InChI is InChI=1S/C13H14O2/c1-9-4-2-5-10-6-3-7-11(13(9)10)8-12(14)15/h2,4-5,7H,3,6,8H2,1H3,(H,14,15). The summed E-state index contributed by atoms with van der Waals surface area (Å²) in [5.74, 6) is -0.752. The Hall–Kier alpha value is -1.57. The zero-order chi connectivity index (χ0) is 10.8. The van der Waals surface area contributed by atoms with Crippen LogP contribution in [-0.2, 0) is 11.2 Å². The van der Waals surface area contributed by atoms with Crippen molar-refractivity contribution in [3.63, 3.8) is 0 Å². The van der Waals surface area contributed by atoms with Gasteiger partial charge < -0.3 is 5.11 Å². The van der Waals surface area contributed by atoms with Crippen molar-refractivity contribution in [2.24, 2.45) is 0 Å². The molecule has 0 aliphatic heterocycles. The molecule has 2 heteroatoms. The molecule has 1 aliphatic rings.